The highest BCUT2D eigenvalue weighted by Crippen LogP contribution is 2.30. The zero-order valence-corrected chi connectivity index (χ0v) is 17.5. The number of hydrogen-bond donors (Lipinski definition) is 1. The molecular weight excluding hydrogens is 380 g/mol. The first-order chi connectivity index (χ1) is 13.2. The van der Waals surface area contributed by atoms with Crippen LogP contribution in [0.25, 0.3) is 0 Å². The Bertz CT molecular complexity index is 943. The van der Waals surface area contributed by atoms with Gasteiger partial charge in [-0.2, -0.15) is 4.31 Å². The van der Waals surface area contributed by atoms with Crippen LogP contribution in [0.1, 0.15) is 24.1 Å². The number of likely N-dealkylation sites (N-methyl/N-ethyl adjacent to an activating group) is 1. The van der Waals surface area contributed by atoms with Gasteiger partial charge in [0, 0.05) is 13.1 Å². The fourth-order valence-electron chi connectivity index (χ4n) is 2.88. The lowest BCUT2D eigenvalue weighted by atomic mass is 10.0. The van der Waals surface area contributed by atoms with Gasteiger partial charge in [-0.05, 0) is 37.1 Å². The topological polar surface area (TPSA) is 84.9 Å². The molecule has 0 aliphatic heterocycles. The summed E-state index contributed by atoms with van der Waals surface area (Å²) in [5.41, 5.74) is 2.04. The molecular formula is C20H26N2O5S. The second kappa shape index (κ2) is 9.07. The van der Waals surface area contributed by atoms with E-state index in [1.54, 1.807) is 0 Å². The Morgan fingerprint density at radius 2 is 1.75 bits per heavy atom. The second-order valence-corrected chi connectivity index (χ2v) is 8.47. The van der Waals surface area contributed by atoms with Crippen molar-refractivity contribution >= 4 is 15.9 Å². The third-order valence-electron chi connectivity index (χ3n) is 4.46. The van der Waals surface area contributed by atoms with Crippen molar-refractivity contribution in [3.63, 3.8) is 0 Å². The number of ether oxygens (including phenoxy) is 2. The molecule has 0 aromatic heterocycles. The molecule has 0 heterocycles. The van der Waals surface area contributed by atoms with Gasteiger partial charge in [0.1, 0.15) is 0 Å². The summed E-state index contributed by atoms with van der Waals surface area (Å²) >= 11 is 0. The van der Waals surface area contributed by atoms with Crippen molar-refractivity contribution in [3.8, 4) is 11.5 Å². The molecule has 1 atom stereocenters. The molecule has 28 heavy (non-hydrogen) atoms. The highest BCUT2D eigenvalue weighted by Gasteiger charge is 2.25. The molecule has 0 bridgehead atoms. The van der Waals surface area contributed by atoms with Gasteiger partial charge >= 0.3 is 0 Å². The first-order valence-corrected chi connectivity index (χ1v) is 10.2. The molecule has 2 aromatic rings. The van der Waals surface area contributed by atoms with E-state index < -0.39 is 10.0 Å². The van der Waals surface area contributed by atoms with E-state index in [0.29, 0.717) is 11.5 Å². The Balaban J connectivity index is 2.11. The minimum atomic E-state index is -3.86. The number of nitrogens with zero attached hydrogens (tertiary/aromatic N) is 1. The first kappa shape index (κ1) is 21.7. The highest BCUT2D eigenvalue weighted by atomic mass is 32.2. The number of sulfonamides is 1. The van der Waals surface area contributed by atoms with Crippen LogP contribution in [0.5, 0.6) is 11.5 Å². The lowest BCUT2D eigenvalue weighted by molar-refractivity contribution is -0.121. The number of carbonyl (C=O) groups is 1. The van der Waals surface area contributed by atoms with E-state index in [2.05, 4.69) is 5.32 Å². The molecule has 1 N–H and O–H groups in total. The average molecular weight is 407 g/mol. The fourth-order valence-corrected chi connectivity index (χ4v) is 4.02. The summed E-state index contributed by atoms with van der Waals surface area (Å²) in [4.78, 5) is 12.4. The molecule has 1 amide bonds. The molecule has 7 nitrogen and oxygen atoms in total. The molecule has 0 spiro atoms. The number of nitrogens with one attached hydrogen (secondary N) is 1. The van der Waals surface area contributed by atoms with Crippen LogP contribution in [0.4, 0.5) is 0 Å². The van der Waals surface area contributed by atoms with Gasteiger partial charge in [0.15, 0.2) is 11.5 Å². The van der Waals surface area contributed by atoms with E-state index in [4.69, 9.17) is 9.47 Å². The van der Waals surface area contributed by atoms with Gasteiger partial charge in [-0.3, -0.25) is 4.79 Å². The predicted molar refractivity (Wildman–Crippen MR) is 107 cm³/mol. The zero-order valence-electron chi connectivity index (χ0n) is 16.7. The Morgan fingerprint density at radius 3 is 2.36 bits per heavy atom. The predicted octanol–water partition coefficient (Wildman–Crippen LogP) is 2.51. The molecule has 0 fully saturated rings. The van der Waals surface area contributed by atoms with Crippen LogP contribution in [0.2, 0.25) is 0 Å². The second-order valence-electron chi connectivity index (χ2n) is 6.42. The summed E-state index contributed by atoms with van der Waals surface area (Å²) in [6, 6.07) is 11.8. The summed E-state index contributed by atoms with van der Waals surface area (Å²) in [6.07, 6.45) is 0. The highest BCUT2D eigenvalue weighted by molar-refractivity contribution is 7.89. The number of hydrogen-bond acceptors (Lipinski definition) is 5. The van der Waals surface area contributed by atoms with Crippen molar-refractivity contribution in [3.05, 3.63) is 53.6 Å². The van der Waals surface area contributed by atoms with Crippen molar-refractivity contribution in [2.75, 3.05) is 27.8 Å². The number of benzene rings is 2. The quantitative estimate of drug-likeness (QED) is 0.728. The first-order valence-electron chi connectivity index (χ1n) is 8.74. The third-order valence-corrected chi connectivity index (χ3v) is 6.26. The summed E-state index contributed by atoms with van der Waals surface area (Å²) in [5.74, 6) is 0.339. The van der Waals surface area contributed by atoms with Gasteiger partial charge in [-0.15, -0.1) is 0 Å². The molecule has 8 heteroatoms. The van der Waals surface area contributed by atoms with E-state index in [9.17, 15) is 13.2 Å². The minimum Gasteiger partial charge on any atom is -0.493 e. The van der Waals surface area contributed by atoms with Crippen molar-refractivity contribution in [2.45, 2.75) is 24.8 Å². The van der Waals surface area contributed by atoms with Crippen LogP contribution < -0.4 is 14.8 Å². The van der Waals surface area contributed by atoms with Crippen LogP contribution in [0.3, 0.4) is 0 Å². The van der Waals surface area contributed by atoms with Crippen molar-refractivity contribution in [1.82, 2.24) is 9.62 Å². The largest absolute Gasteiger partial charge is 0.493 e. The van der Waals surface area contributed by atoms with Crippen LogP contribution in [-0.4, -0.2) is 46.4 Å². The molecule has 0 aliphatic rings. The number of aryl methyl sites for hydroxylation is 1. The standard InChI is InChI=1S/C20H26N2O5S/c1-14-8-6-7-9-17(14)15(2)21-20(23)13-22(3)28(24,25)16-10-11-18(26-4)19(12-16)27-5/h6-12,15H,13H2,1-5H3,(H,21,23)/t15-/m1/s1. The van der Waals surface area contributed by atoms with Crippen molar-refractivity contribution < 1.29 is 22.7 Å². The monoisotopic (exact) mass is 406 g/mol. The summed E-state index contributed by atoms with van der Waals surface area (Å²) in [5, 5.41) is 2.84. The average Bonchev–Trinajstić information content (AvgIpc) is 2.67. The number of carbonyl (C=O) groups excluding carboxylic acids is 1. The van der Waals surface area contributed by atoms with Crippen LogP contribution in [-0.2, 0) is 14.8 Å². The lowest BCUT2D eigenvalue weighted by Gasteiger charge is -2.20. The number of rotatable bonds is 8. The fraction of sp³-hybridized carbons (Fsp3) is 0.350. The van der Waals surface area contributed by atoms with Gasteiger partial charge in [-0.25, -0.2) is 8.42 Å². The maximum Gasteiger partial charge on any atom is 0.243 e. The molecule has 2 rings (SSSR count). The minimum absolute atomic E-state index is 0.0207. The number of methoxy groups -OCH3 is 2. The zero-order chi connectivity index (χ0) is 20.9. The Labute approximate surface area is 166 Å². The normalized spacial score (nSPS) is 12.5. The molecule has 0 unspecified atom stereocenters. The maximum atomic E-state index is 12.8. The van der Waals surface area contributed by atoms with Crippen molar-refractivity contribution in [1.29, 1.82) is 0 Å². The smallest absolute Gasteiger partial charge is 0.243 e. The van der Waals surface area contributed by atoms with E-state index >= 15 is 0 Å². The Morgan fingerprint density at radius 1 is 1.11 bits per heavy atom. The van der Waals surface area contributed by atoms with Crippen LogP contribution in [0.15, 0.2) is 47.4 Å². The summed E-state index contributed by atoms with van der Waals surface area (Å²) < 4.78 is 36.9. The van der Waals surface area contributed by atoms with Gasteiger partial charge in [0.25, 0.3) is 0 Å². The van der Waals surface area contributed by atoms with Gasteiger partial charge < -0.3 is 14.8 Å². The maximum absolute atomic E-state index is 12.8. The Hall–Kier alpha value is -2.58. The molecule has 0 saturated carbocycles. The third kappa shape index (κ3) is 4.82. The van der Waals surface area contributed by atoms with E-state index in [0.717, 1.165) is 15.4 Å². The van der Waals surface area contributed by atoms with Crippen LogP contribution in [0, 0.1) is 6.92 Å². The molecule has 0 saturated heterocycles. The Kier molecular flexibility index (Phi) is 7.04. The summed E-state index contributed by atoms with van der Waals surface area (Å²) in [6.45, 7) is 3.53. The molecule has 0 aliphatic carbocycles. The summed E-state index contributed by atoms with van der Waals surface area (Å²) in [7, 11) is 0.401. The molecule has 2 aromatic carbocycles. The van der Waals surface area contributed by atoms with Gasteiger partial charge in [0.05, 0.1) is 31.7 Å². The number of amides is 1. The molecule has 152 valence electrons. The van der Waals surface area contributed by atoms with Gasteiger partial charge in [-0.1, -0.05) is 24.3 Å². The van der Waals surface area contributed by atoms with E-state index in [1.165, 1.54) is 39.5 Å². The van der Waals surface area contributed by atoms with Crippen LogP contribution >= 0.6 is 0 Å². The SMILES string of the molecule is COc1ccc(S(=O)(=O)N(C)CC(=O)N[C@H](C)c2ccccc2C)cc1OC. The van der Waals surface area contributed by atoms with E-state index in [1.807, 2.05) is 38.1 Å². The van der Waals surface area contributed by atoms with Crippen molar-refractivity contribution in [2.24, 2.45) is 0 Å². The van der Waals surface area contributed by atoms with Gasteiger partial charge in [0.2, 0.25) is 15.9 Å². The van der Waals surface area contributed by atoms with E-state index in [-0.39, 0.29) is 23.4 Å². The molecule has 0 radical (unpaired) electrons. The lowest BCUT2D eigenvalue weighted by Crippen LogP contribution is -2.39.